The standard InChI is InChI=1S/C21H20N4O4S2/c1-3-14(2)31(27,28)24-16-9-10-17-18(11-16)25(21-22-19(12-30-21)29-13-26)23-20(17)15-7-5-4-6-8-15/h4-14,24H,3H2,1-2H3. The molecule has 160 valence electrons. The molecule has 1 unspecified atom stereocenters. The number of aromatic nitrogens is 3. The van der Waals surface area contributed by atoms with Gasteiger partial charge in [0.05, 0.1) is 21.8 Å². The Kier molecular flexibility index (Phi) is 5.75. The molecule has 1 atom stereocenters. The van der Waals surface area contributed by atoms with Crippen LogP contribution >= 0.6 is 11.3 Å². The molecule has 0 bridgehead atoms. The van der Waals surface area contributed by atoms with Crippen molar-refractivity contribution in [2.45, 2.75) is 25.5 Å². The molecule has 0 fully saturated rings. The molecular formula is C21H20N4O4S2. The van der Waals surface area contributed by atoms with Gasteiger partial charge in [0.1, 0.15) is 5.69 Å². The van der Waals surface area contributed by atoms with Crippen LogP contribution in [0.2, 0.25) is 0 Å². The summed E-state index contributed by atoms with van der Waals surface area (Å²) in [5.74, 6) is 0.175. The molecule has 2 heterocycles. The first-order valence-electron chi connectivity index (χ1n) is 9.59. The third-order valence-electron chi connectivity index (χ3n) is 4.91. The number of nitrogens with one attached hydrogen (secondary N) is 1. The summed E-state index contributed by atoms with van der Waals surface area (Å²) >= 11 is 1.26. The number of sulfonamides is 1. The molecule has 0 amide bonds. The summed E-state index contributed by atoms with van der Waals surface area (Å²) in [4.78, 5) is 14.9. The lowest BCUT2D eigenvalue weighted by Crippen LogP contribution is -2.24. The molecule has 31 heavy (non-hydrogen) atoms. The van der Waals surface area contributed by atoms with E-state index in [4.69, 9.17) is 9.84 Å². The van der Waals surface area contributed by atoms with Gasteiger partial charge in [0.25, 0.3) is 6.47 Å². The summed E-state index contributed by atoms with van der Waals surface area (Å²) in [6, 6.07) is 15.0. The number of carbonyl (C=O) groups is 1. The number of rotatable bonds is 8. The normalized spacial score (nSPS) is 12.6. The SMILES string of the molecule is CCC(C)S(=O)(=O)Nc1ccc2c(-c3ccccc3)nn(-c3nc(OC=O)cs3)c2c1. The minimum Gasteiger partial charge on any atom is -0.409 e. The Bertz CT molecular complexity index is 1330. The second-order valence-electron chi connectivity index (χ2n) is 6.91. The minimum atomic E-state index is -3.51. The zero-order valence-electron chi connectivity index (χ0n) is 16.8. The van der Waals surface area contributed by atoms with Gasteiger partial charge >= 0.3 is 0 Å². The average molecular weight is 457 g/mol. The second-order valence-corrected chi connectivity index (χ2v) is 9.84. The smallest absolute Gasteiger partial charge is 0.299 e. The molecule has 4 rings (SSSR count). The van der Waals surface area contributed by atoms with Crippen molar-refractivity contribution >= 4 is 44.4 Å². The molecular weight excluding hydrogens is 436 g/mol. The molecule has 8 nitrogen and oxygen atoms in total. The van der Waals surface area contributed by atoms with E-state index in [0.29, 0.717) is 29.2 Å². The average Bonchev–Trinajstić information content (AvgIpc) is 3.38. The Labute approximate surface area is 183 Å². The quantitative estimate of drug-likeness (QED) is 0.398. The summed E-state index contributed by atoms with van der Waals surface area (Å²) < 4.78 is 34.2. The molecule has 0 aliphatic carbocycles. The van der Waals surface area contributed by atoms with Gasteiger partial charge in [-0.05, 0) is 31.5 Å². The van der Waals surface area contributed by atoms with E-state index in [-0.39, 0.29) is 5.88 Å². The van der Waals surface area contributed by atoms with Crippen molar-refractivity contribution < 1.29 is 17.9 Å². The number of carbonyl (C=O) groups excluding carboxylic acids is 1. The lowest BCUT2D eigenvalue weighted by atomic mass is 10.1. The third-order valence-corrected chi connectivity index (χ3v) is 7.62. The summed E-state index contributed by atoms with van der Waals surface area (Å²) in [6.07, 6.45) is 0.506. The minimum absolute atomic E-state index is 0.175. The Morgan fingerprint density at radius 2 is 2.00 bits per heavy atom. The fourth-order valence-corrected chi connectivity index (χ4v) is 4.86. The Morgan fingerprint density at radius 3 is 2.71 bits per heavy atom. The van der Waals surface area contributed by atoms with Crippen LogP contribution in [-0.4, -0.2) is 34.9 Å². The van der Waals surface area contributed by atoms with Crippen molar-refractivity contribution in [1.29, 1.82) is 0 Å². The van der Waals surface area contributed by atoms with Crippen molar-refractivity contribution in [1.82, 2.24) is 14.8 Å². The van der Waals surface area contributed by atoms with E-state index in [1.165, 1.54) is 11.3 Å². The number of nitrogens with zero attached hydrogens (tertiary/aromatic N) is 3. The maximum atomic E-state index is 12.5. The van der Waals surface area contributed by atoms with Crippen molar-refractivity contribution in [2.75, 3.05) is 4.72 Å². The van der Waals surface area contributed by atoms with Crippen molar-refractivity contribution in [3.05, 3.63) is 53.9 Å². The first-order valence-corrected chi connectivity index (χ1v) is 12.0. The molecule has 0 aliphatic rings. The predicted molar refractivity (Wildman–Crippen MR) is 121 cm³/mol. The van der Waals surface area contributed by atoms with Crippen LogP contribution in [0.3, 0.4) is 0 Å². The van der Waals surface area contributed by atoms with Gasteiger partial charge < -0.3 is 4.74 Å². The van der Waals surface area contributed by atoms with E-state index in [9.17, 15) is 13.2 Å². The first kappa shape index (κ1) is 21.0. The molecule has 0 spiro atoms. The lowest BCUT2D eigenvalue weighted by Gasteiger charge is -2.13. The van der Waals surface area contributed by atoms with Crippen LogP contribution < -0.4 is 9.46 Å². The Balaban J connectivity index is 1.87. The predicted octanol–water partition coefficient (Wildman–Crippen LogP) is 4.22. The van der Waals surface area contributed by atoms with Gasteiger partial charge in [0, 0.05) is 10.9 Å². The number of thiazole rings is 1. The molecule has 2 aromatic heterocycles. The van der Waals surface area contributed by atoms with Crippen LogP contribution in [0, 0.1) is 0 Å². The first-order chi connectivity index (χ1) is 14.9. The highest BCUT2D eigenvalue weighted by Gasteiger charge is 2.21. The van der Waals surface area contributed by atoms with Gasteiger partial charge in [-0.1, -0.05) is 48.6 Å². The van der Waals surface area contributed by atoms with Crippen LogP contribution in [0.15, 0.2) is 53.9 Å². The number of anilines is 1. The highest BCUT2D eigenvalue weighted by Crippen LogP contribution is 2.33. The number of ether oxygens (including phenoxy) is 1. The van der Waals surface area contributed by atoms with Gasteiger partial charge in [0.15, 0.2) is 0 Å². The van der Waals surface area contributed by atoms with Crippen LogP contribution in [0.5, 0.6) is 5.88 Å². The molecule has 0 aliphatic heterocycles. The fourth-order valence-electron chi connectivity index (χ4n) is 3.07. The van der Waals surface area contributed by atoms with Crippen LogP contribution in [0.4, 0.5) is 5.69 Å². The second kappa shape index (κ2) is 8.48. The van der Waals surface area contributed by atoms with Gasteiger partial charge in [-0.2, -0.15) is 10.1 Å². The highest BCUT2D eigenvalue weighted by molar-refractivity contribution is 7.93. The highest BCUT2D eigenvalue weighted by atomic mass is 32.2. The van der Waals surface area contributed by atoms with E-state index in [1.807, 2.05) is 43.3 Å². The topological polar surface area (TPSA) is 103 Å². The Morgan fingerprint density at radius 1 is 1.23 bits per heavy atom. The van der Waals surface area contributed by atoms with Crippen LogP contribution in [-0.2, 0) is 14.8 Å². The summed E-state index contributed by atoms with van der Waals surface area (Å²) in [5.41, 5.74) is 2.77. The molecule has 0 saturated heterocycles. The number of hydrogen-bond donors (Lipinski definition) is 1. The van der Waals surface area contributed by atoms with Gasteiger partial charge in [0.2, 0.25) is 21.0 Å². The number of benzene rings is 2. The molecule has 4 aromatic rings. The third kappa shape index (κ3) is 4.17. The fraction of sp³-hybridized carbons (Fsp3) is 0.190. The zero-order chi connectivity index (χ0) is 22.0. The van der Waals surface area contributed by atoms with Gasteiger partial charge in [-0.25, -0.2) is 13.1 Å². The molecule has 1 N–H and O–H groups in total. The zero-order valence-corrected chi connectivity index (χ0v) is 18.5. The summed E-state index contributed by atoms with van der Waals surface area (Å²) in [5, 5.41) is 7.15. The summed E-state index contributed by atoms with van der Waals surface area (Å²) in [6.45, 7) is 3.82. The van der Waals surface area contributed by atoms with Gasteiger partial charge in [-0.3, -0.25) is 9.52 Å². The number of hydrogen-bond acceptors (Lipinski definition) is 7. The number of fused-ring (bicyclic) bond motifs is 1. The van der Waals surface area contributed by atoms with Crippen LogP contribution in [0.1, 0.15) is 20.3 Å². The monoisotopic (exact) mass is 456 g/mol. The van der Waals surface area contributed by atoms with Crippen molar-refractivity contribution in [3.63, 3.8) is 0 Å². The summed E-state index contributed by atoms with van der Waals surface area (Å²) in [7, 11) is -3.51. The molecule has 0 radical (unpaired) electrons. The van der Waals surface area contributed by atoms with Crippen LogP contribution in [0.25, 0.3) is 27.3 Å². The molecule has 10 heteroatoms. The molecule has 2 aromatic carbocycles. The van der Waals surface area contributed by atoms with E-state index >= 15 is 0 Å². The van der Waals surface area contributed by atoms with E-state index < -0.39 is 15.3 Å². The van der Waals surface area contributed by atoms with E-state index in [0.717, 1.165) is 16.6 Å². The lowest BCUT2D eigenvalue weighted by molar-refractivity contribution is -0.120. The largest absolute Gasteiger partial charge is 0.409 e. The molecule has 0 saturated carbocycles. The van der Waals surface area contributed by atoms with E-state index in [1.54, 1.807) is 29.1 Å². The maximum Gasteiger partial charge on any atom is 0.299 e. The van der Waals surface area contributed by atoms with Gasteiger partial charge in [-0.15, -0.1) is 0 Å². The van der Waals surface area contributed by atoms with Crippen molar-refractivity contribution in [2.24, 2.45) is 0 Å². The van der Waals surface area contributed by atoms with Crippen molar-refractivity contribution in [3.8, 4) is 22.3 Å². The van der Waals surface area contributed by atoms with E-state index in [2.05, 4.69) is 9.71 Å². The maximum absolute atomic E-state index is 12.5. The Hall–Kier alpha value is -3.24.